The normalized spacial score (nSPS) is 18.8. The first kappa shape index (κ1) is 16.8. The molecule has 3 nitrogen and oxygen atoms in total. The standard InChI is InChI=1S/C16H22BrClN2O/c1-19-10-12-3-2-8-20(11-12)16(21)7-4-13-9-14(18)5-6-15(13)17/h5-6,9,12,19H,2-4,7-8,10-11H2,1H3/t12-/m0/s1. The van der Waals surface area contributed by atoms with Crippen molar-refractivity contribution in [1.29, 1.82) is 0 Å². The zero-order valence-electron chi connectivity index (χ0n) is 12.4. The SMILES string of the molecule is CNC[C@@H]1CCCN(C(=O)CCc2cc(Cl)ccc2Br)C1. The summed E-state index contributed by atoms with van der Waals surface area (Å²) in [6.07, 6.45) is 3.60. The van der Waals surface area contributed by atoms with Crippen molar-refractivity contribution in [1.82, 2.24) is 10.2 Å². The lowest BCUT2D eigenvalue weighted by atomic mass is 9.97. The quantitative estimate of drug-likeness (QED) is 0.857. The Morgan fingerprint density at radius 1 is 1.52 bits per heavy atom. The third kappa shape index (κ3) is 4.97. The Morgan fingerprint density at radius 3 is 3.10 bits per heavy atom. The van der Waals surface area contributed by atoms with Crippen LogP contribution in [-0.4, -0.2) is 37.5 Å². The van der Waals surface area contributed by atoms with Crippen LogP contribution in [0, 0.1) is 5.92 Å². The van der Waals surface area contributed by atoms with Crippen molar-refractivity contribution in [2.45, 2.75) is 25.7 Å². The minimum atomic E-state index is 0.252. The molecule has 1 saturated heterocycles. The highest BCUT2D eigenvalue weighted by Gasteiger charge is 2.22. The van der Waals surface area contributed by atoms with Crippen LogP contribution in [-0.2, 0) is 11.2 Å². The van der Waals surface area contributed by atoms with Gasteiger partial charge in [-0.05, 0) is 62.5 Å². The van der Waals surface area contributed by atoms with E-state index in [4.69, 9.17) is 11.6 Å². The van der Waals surface area contributed by atoms with Crippen LogP contribution >= 0.6 is 27.5 Å². The Morgan fingerprint density at radius 2 is 2.33 bits per heavy atom. The summed E-state index contributed by atoms with van der Waals surface area (Å²) in [7, 11) is 1.97. The van der Waals surface area contributed by atoms with Crippen molar-refractivity contribution in [2.75, 3.05) is 26.7 Å². The molecular weight excluding hydrogens is 352 g/mol. The molecule has 0 saturated carbocycles. The lowest BCUT2D eigenvalue weighted by molar-refractivity contribution is -0.132. The van der Waals surface area contributed by atoms with Crippen molar-refractivity contribution >= 4 is 33.4 Å². The molecule has 1 heterocycles. The van der Waals surface area contributed by atoms with Gasteiger partial charge in [-0.1, -0.05) is 27.5 Å². The van der Waals surface area contributed by atoms with Gasteiger partial charge in [0.05, 0.1) is 0 Å². The Labute approximate surface area is 140 Å². The van der Waals surface area contributed by atoms with Crippen LogP contribution in [0.1, 0.15) is 24.8 Å². The first-order chi connectivity index (χ1) is 10.1. The number of aryl methyl sites for hydroxylation is 1. The van der Waals surface area contributed by atoms with Crippen LogP contribution in [0.2, 0.25) is 5.02 Å². The minimum Gasteiger partial charge on any atom is -0.342 e. The predicted octanol–water partition coefficient (Wildman–Crippen LogP) is 3.49. The molecule has 5 heteroatoms. The fourth-order valence-corrected chi connectivity index (χ4v) is 3.52. The molecule has 116 valence electrons. The number of rotatable bonds is 5. The highest BCUT2D eigenvalue weighted by molar-refractivity contribution is 9.10. The van der Waals surface area contributed by atoms with Crippen molar-refractivity contribution in [3.05, 3.63) is 33.3 Å². The van der Waals surface area contributed by atoms with Gasteiger partial charge in [-0.25, -0.2) is 0 Å². The maximum Gasteiger partial charge on any atom is 0.222 e. The van der Waals surface area contributed by atoms with Crippen LogP contribution in [0.5, 0.6) is 0 Å². The van der Waals surface area contributed by atoms with Gasteiger partial charge in [0.2, 0.25) is 5.91 Å². The second-order valence-corrected chi connectivity index (χ2v) is 6.93. The molecule has 1 aliphatic rings. The summed E-state index contributed by atoms with van der Waals surface area (Å²) in [6.45, 7) is 2.77. The molecular formula is C16H22BrClN2O. The molecule has 1 N–H and O–H groups in total. The van der Waals surface area contributed by atoms with E-state index in [-0.39, 0.29) is 5.91 Å². The number of nitrogens with zero attached hydrogens (tertiary/aromatic N) is 1. The number of nitrogens with one attached hydrogen (secondary N) is 1. The molecule has 1 amide bonds. The maximum atomic E-state index is 12.4. The van der Waals surface area contributed by atoms with Gasteiger partial charge in [0.15, 0.2) is 0 Å². The second kappa shape index (κ2) is 8.16. The first-order valence-corrected chi connectivity index (χ1v) is 8.63. The maximum absolute atomic E-state index is 12.4. The lowest BCUT2D eigenvalue weighted by Crippen LogP contribution is -2.42. The molecule has 1 atom stereocenters. The van der Waals surface area contributed by atoms with E-state index in [1.165, 1.54) is 6.42 Å². The number of hydrogen-bond donors (Lipinski definition) is 1. The fourth-order valence-electron chi connectivity index (χ4n) is 2.88. The van der Waals surface area contributed by atoms with Crippen LogP contribution in [0.15, 0.2) is 22.7 Å². The van der Waals surface area contributed by atoms with Gasteiger partial charge in [-0.15, -0.1) is 0 Å². The summed E-state index contributed by atoms with van der Waals surface area (Å²) < 4.78 is 1.02. The molecule has 1 aromatic rings. The van der Waals surface area contributed by atoms with Gasteiger partial charge in [0, 0.05) is 29.0 Å². The van der Waals surface area contributed by atoms with Gasteiger partial charge < -0.3 is 10.2 Å². The molecule has 1 aliphatic heterocycles. The molecule has 1 fully saturated rings. The van der Waals surface area contributed by atoms with Gasteiger partial charge in [0.1, 0.15) is 0 Å². The van der Waals surface area contributed by atoms with Crippen molar-refractivity contribution in [3.63, 3.8) is 0 Å². The summed E-state index contributed by atoms with van der Waals surface area (Å²) in [6, 6.07) is 5.72. The first-order valence-electron chi connectivity index (χ1n) is 7.46. The van der Waals surface area contributed by atoms with Gasteiger partial charge in [0.25, 0.3) is 0 Å². The molecule has 0 bridgehead atoms. The van der Waals surface area contributed by atoms with Crippen LogP contribution < -0.4 is 5.32 Å². The number of piperidine rings is 1. The van der Waals surface area contributed by atoms with E-state index in [2.05, 4.69) is 21.2 Å². The Hall–Kier alpha value is -0.580. The van der Waals surface area contributed by atoms with E-state index in [1.54, 1.807) is 0 Å². The topological polar surface area (TPSA) is 32.3 Å². The zero-order chi connectivity index (χ0) is 15.2. The van der Waals surface area contributed by atoms with Gasteiger partial charge in [-0.2, -0.15) is 0 Å². The number of benzene rings is 1. The van der Waals surface area contributed by atoms with E-state index in [0.29, 0.717) is 17.4 Å². The Kier molecular flexibility index (Phi) is 6.52. The van der Waals surface area contributed by atoms with E-state index in [1.807, 2.05) is 30.1 Å². The lowest BCUT2D eigenvalue weighted by Gasteiger charge is -2.32. The summed E-state index contributed by atoms with van der Waals surface area (Å²) >= 11 is 9.53. The highest BCUT2D eigenvalue weighted by atomic mass is 79.9. The highest BCUT2D eigenvalue weighted by Crippen LogP contribution is 2.23. The number of halogens is 2. The number of carbonyl (C=O) groups excluding carboxylic acids is 1. The van der Waals surface area contributed by atoms with E-state index in [9.17, 15) is 4.79 Å². The van der Waals surface area contributed by atoms with Crippen molar-refractivity contribution in [2.24, 2.45) is 5.92 Å². The average Bonchev–Trinajstić information content (AvgIpc) is 2.48. The minimum absolute atomic E-state index is 0.252. The average molecular weight is 374 g/mol. The molecule has 0 unspecified atom stereocenters. The monoisotopic (exact) mass is 372 g/mol. The third-order valence-electron chi connectivity index (χ3n) is 3.98. The second-order valence-electron chi connectivity index (χ2n) is 5.64. The molecule has 0 aliphatic carbocycles. The van der Waals surface area contributed by atoms with E-state index >= 15 is 0 Å². The molecule has 21 heavy (non-hydrogen) atoms. The van der Waals surface area contributed by atoms with Gasteiger partial charge in [-0.3, -0.25) is 4.79 Å². The van der Waals surface area contributed by atoms with Gasteiger partial charge >= 0.3 is 0 Å². The Bertz CT molecular complexity index is 493. The number of hydrogen-bond acceptors (Lipinski definition) is 2. The van der Waals surface area contributed by atoms with Crippen LogP contribution in [0.25, 0.3) is 0 Å². The van der Waals surface area contributed by atoms with Crippen LogP contribution in [0.3, 0.4) is 0 Å². The molecule has 0 aromatic heterocycles. The predicted molar refractivity (Wildman–Crippen MR) is 90.7 cm³/mol. The van der Waals surface area contributed by atoms with Crippen molar-refractivity contribution < 1.29 is 4.79 Å². The summed E-state index contributed by atoms with van der Waals surface area (Å²) in [4.78, 5) is 14.4. The smallest absolute Gasteiger partial charge is 0.222 e. The summed E-state index contributed by atoms with van der Waals surface area (Å²) in [5.74, 6) is 0.841. The number of amides is 1. The molecule has 0 radical (unpaired) electrons. The molecule has 2 rings (SSSR count). The number of carbonyl (C=O) groups is 1. The molecule has 0 spiro atoms. The zero-order valence-corrected chi connectivity index (χ0v) is 14.7. The Balaban J connectivity index is 1.88. The third-order valence-corrected chi connectivity index (χ3v) is 4.99. The van der Waals surface area contributed by atoms with Crippen LogP contribution in [0.4, 0.5) is 0 Å². The number of likely N-dealkylation sites (tertiary alicyclic amines) is 1. The molecule has 1 aromatic carbocycles. The van der Waals surface area contributed by atoms with E-state index in [0.717, 1.165) is 42.5 Å². The fraction of sp³-hybridized carbons (Fsp3) is 0.562. The summed E-state index contributed by atoms with van der Waals surface area (Å²) in [5, 5.41) is 3.93. The van der Waals surface area contributed by atoms with E-state index < -0.39 is 0 Å². The largest absolute Gasteiger partial charge is 0.342 e. The summed E-state index contributed by atoms with van der Waals surface area (Å²) in [5.41, 5.74) is 1.10. The van der Waals surface area contributed by atoms with Crippen molar-refractivity contribution in [3.8, 4) is 0 Å².